The van der Waals surface area contributed by atoms with E-state index in [2.05, 4.69) is 98.8 Å². The third kappa shape index (κ3) is 28.0. The molecular weight excluding hydrogens is 639 g/mol. The summed E-state index contributed by atoms with van der Waals surface area (Å²) in [5.41, 5.74) is 3.01. The minimum absolute atomic E-state index is 1.16. The van der Waals surface area contributed by atoms with Crippen molar-refractivity contribution in [2.45, 2.75) is 220 Å². The fourth-order valence-electron chi connectivity index (χ4n) is 8.17. The van der Waals surface area contributed by atoms with Crippen LogP contribution in [0.5, 0.6) is 0 Å². The molecule has 0 heterocycles. The molecule has 0 N–H and O–H groups in total. The summed E-state index contributed by atoms with van der Waals surface area (Å²) in [5.74, 6) is 0. The fourth-order valence-corrected chi connectivity index (χ4v) is 8.17. The number of benzene rings is 2. The van der Waals surface area contributed by atoms with Crippen molar-refractivity contribution in [1.29, 1.82) is 0 Å². The van der Waals surface area contributed by atoms with Crippen LogP contribution in [-0.2, 0) is 13.1 Å². The first-order chi connectivity index (χ1) is 26.3. The second-order valence-corrected chi connectivity index (χ2v) is 16.7. The van der Waals surface area contributed by atoms with Crippen LogP contribution in [0.25, 0.3) is 0 Å². The van der Waals surface area contributed by atoms with Crippen molar-refractivity contribution in [3.05, 3.63) is 96.1 Å². The first-order valence-electron chi connectivity index (χ1n) is 23.5. The van der Waals surface area contributed by atoms with E-state index in [1.165, 1.54) is 221 Å². The van der Waals surface area contributed by atoms with Crippen LogP contribution in [-0.4, -0.2) is 17.6 Å². The van der Waals surface area contributed by atoms with Crippen molar-refractivity contribution in [2.75, 3.05) is 13.1 Å². The minimum Gasteiger partial charge on any atom is -0.316 e. The van der Waals surface area contributed by atoms with E-state index >= 15 is 0 Å². The lowest BCUT2D eigenvalue weighted by Gasteiger charge is -2.39. The summed E-state index contributed by atoms with van der Waals surface area (Å²) in [6.45, 7) is 9.53. The summed E-state index contributed by atoms with van der Waals surface area (Å²) >= 11 is 0. The second-order valence-electron chi connectivity index (χ2n) is 16.7. The molecular formula is C52H88N+. The molecule has 2 rings (SSSR count). The van der Waals surface area contributed by atoms with Gasteiger partial charge in [-0.15, -0.1) is 0 Å². The molecule has 1 nitrogen and oxygen atoms in total. The van der Waals surface area contributed by atoms with Gasteiger partial charge in [0.1, 0.15) is 13.1 Å². The molecule has 0 unspecified atom stereocenters. The van der Waals surface area contributed by atoms with Crippen LogP contribution in [0.4, 0.5) is 0 Å². The zero-order valence-corrected chi connectivity index (χ0v) is 35.6. The Balaban J connectivity index is 1.69. The van der Waals surface area contributed by atoms with E-state index in [1.807, 2.05) is 0 Å². The summed E-state index contributed by atoms with van der Waals surface area (Å²) in [4.78, 5) is 0. The predicted octanol–water partition coefficient (Wildman–Crippen LogP) is 17.1. The quantitative estimate of drug-likeness (QED) is 0.0367. The number of nitrogens with zero attached hydrogens (tertiary/aromatic N) is 1. The lowest BCUT2D eigenvalue weighted by molar-refractivity contribution is -0.954. The lowest BCUT2D eigenvalue weighted by atomic mass is 10.0. The van der Waals surface area contributed by atoms with Crippen LogP contribution in [0.3, 0.4) is 0 Å². The van der Waals surface area contributed by atoms with E-state index in [0.717, 1.165) is 13.1 Å². The third-order valence-electron chi connectivity index (χ3n) is 11.5. The molecule has 0 saturated carbocycles. The zero-order chi connectivity index (χ0) is 37.6. The van der Waals surface area contributed by atoms with Gasteiger partial charge in [-0.2, -0.15) is 0 Å². The number of unbranched alkanes of at least 4 members (excludes halogenated alkanes) is 26. The van der Waals surface area contributed by atoms with Crippen molar-refractivity contribution in [2.24, 2.45) is 0 Å². The normalized spacial score (nSPS) is 12.1. The van der Waals surface area contributed by atoms with Crippen LogP contribution in [0, 0.1) is 0 Å². The lowest BCUT2D eigenvalue weighted by Crippen LogP contribution is -2.48. The first kappa shape index (κ1) is 47.0. The van der Waals surface area contributed by atoms with Crippen molar-refractivity contribution >= 4 is 0 Å². The van der Waals surface area contributed by atoms with Gasteiger partial charge in [-0.3, -0.25) is 0 Å². The predicted molar refractivity (Wildman–Crippen MR) is 238 cm³/mol. The van der Waals surface area contributed by atoms with E-state index < -0.39 is 0 Å². The molecule has 0 aliphatic carbocycles. The standard InChI is InChI=1S/C52H88N/c1-3-5-7-9-11-13-15-17-19-21-23-25-27-29-31-33-41-47-53(49-51-43-37-35-38-44-51,50-52-45-39-36-40-46-52)48-42-34-32-30-28-26-24-22-20-18-16-14-12-10-8-6-4-2/h17-20,35-40,43-46H,3-16,21-34,41-42,47-50H2,1-2H3/q+1/b19-17+,20-18+. The molecule has 1 heteroatoms. The number of hydrogen-bond donors (Lipinski definition) is 0. The third-order valence-corrected chi connectivity index (χ3v) is 11.5. The topological polar surface area (TPSA) is 0 Å². The Kier molecular flexibility index (Phi) is 31.6. The number of allylic oxidation sites excluding steroid dienone is 4. The Hall–Kier alpha value is -2.12. The Morgan fingerprint density at radius 3 is 0.887 bits per heavy atom. The van der Waals surface area contributed by atoms with E-state index in [1.54, 1.807) is 0 Å². The van der Waals surface area contributed by atoms with Crippen LogP contribution in [0.1, 0.15) is 218 Å². The Labute approximate surface area is 332 Å². The smallest absolute Gasteiger partial charge is 0.105 e. The summed E-state index contributed by atoms with van der Waals surface area (Å²) in [6.07, 6.45) is 51.3. The van der Waals surface area contributed by atoms with Gasteiger partial charge in [0.15, 0.2) is 0 Å². The molecule has 2 aromatic rings. The molecule has 0 saturated heterocycles. The van der Waals surface area contributed by atoms with Gasteiger partial charge < -0.3 is 4.48 Å². The van der Waals surface area contributed by atoms with Crippen LogP contribution >= 0.6 is 0 Å². The number of hydrogen-bond acceptors (Lipinski definition) is 0. The SMILES string of the molecule is CCCCCCCC/C=C/CCCCCCCCC[N+](CCCCCCCCC/C=C/CCCCCCCC)(Cc1ccccc1)Cc1ccccc1. The Bertz CT molecular complexity index is 981. The zero-order valence-electron chi connectivity index (χ0n) is 35.6. The summed E-state index contributed by atoms with van der Waals surface area (Å²) in [6, 6.07) is 22.8. The number of quaternary nitrogens is 1. The average Bonchev–Trinajstić information content (AvgIpc) is 3.18. The van der Waals surface area contributed by atoms with Crippen molar-refractivity contribution in [3.63, 3.8) is 0 Å². The van der Waals surface area contributed by atoms with Gasteiger partial charge in [0, 0.05) is 11.1 Å². The molecule has 2 aromatic carbocycles. The second kappa shape index (κ2) is 35.6. The largest absolute Gasteiger partial charge is 0.316 e. The maximum Gasteiger partial charge on any atom is 0.105 e. The summed E-state index contributed by atoms with van der Waals surface area (Å²) in [7, 11) is 0. The van der Waals surface area contributed by atoms with Gasteiger partial charge >= 0.3 is 0 Å². The van der Waals surface area contributed by atoms with Gasteiger partial charge in [0.05, 0.1) is 13.1 Å². The molecule has 0 aliphatic heterocycles. The Morgan fingerprint density at radius 1 is 0.321 bits per heavy atom. The van der Waals surface area contributed by atoms with E-state index in [-0.39, 0.29) is 0 Å². The molecule has 0 radical (unpaired) electrons. The molecule has 0 aliphatic rings. The minimum atomic E-state index is 1.16. The van der Waals surface area contributed by atoms with Crippen LogP contribution in [0.2, 0.25) is 0 Å². The first-order valence-corrected chi connectivity index (χ1v) is 23.5. The molecule has 300 valence electrons. The van der Waals surface area contributed by atoms with E-state index in [0.29, 0.717) is 0 Å². The molecule has 0 aromatic heterocycles. The molecule has 53 heavy (non-hydrogen) atoms. The van der Waals surface area contributed by atoms with Gasteiger partial charge in [-0.1, -0.05) is 214 Å². The maximum atomic E-state index is 2.46. The molecule has 0 amide bonds. The fraction of sp³-hybridized carbons (Fsp3) is 0.692. The maximum absolute atomic E-state index is 2.46. The van der Waals surface area contributed by atoms with Crippen molar-refractivity contribution in [3.8, 4) is 0 Å². The highest BCUT2D eigenvalue weighted by atomic mass is 15.3. The molecule has 0 spiro atoms. The van der Waals surface area contributed by atoms with Crippen LogP contribution < -0.4 is 0 Å². The Morgan fingerprint density at radius 2 is 0.585 bits per heavy atom. The van der Waals surface area contributed by atoms with Crippen LogP contribution in [0.15, 0.2) is 85.0 Å². The van der Waals surface area contributed by atoms with Crippen molar-refractivity contribution < 1.29 is 4.48 Å². The van der Waals surface area contributed by atoms with Gasteiger partial charge in [0.25, 0.3) is 0 Å². The van der Waals surface area contributed by atoms with Gasteiger partial charge in [-0.05, 0) is 77.0 Å². The molecule has 0 atom stereocenters. The highest BCUT2D eigenvalue weighted by molar-refractivity contribution is 5.15. The van der Waals surface area contributed by atoms with E-state index in [9.17, 15) is 0 Å². The summed E-state index contributed by atoms with van der Waals surface area (Å²) in [5, 5.41) is 0. The number of rotatable bonds is 38. The highest BCUT2D eigenvalue weighted by Crippen LogP contribution is 2.24. The van der Waals surface area contributed by atoms with Crippen molar-refractivity contribution in [1.82, 2.24) is 0 Å². The van der Waals surface area contributed by atoms with Gasteiger partial charge in [-0.25, -0.2) is 0 Å². The highest BCUT2D eigenvalue weighted by Gasteiger charge is 2.27. The average molecular weight is 727 g/mol. The monoisotopic (exact) mass is 727 g/mol. The summed E-state index contributed by atoms with van der Waals surface area (Å²) < 4.78 is 1.21. The van der Waals surface area contributed by atoms with Gasteiger partial charge in [0.2, 0.25) is 0 Å². The van der Waals surface area contributed by atoms with E-state index in [4.69, 9.17) is 0 Å². The molecule has 0 fully saturated rings. The molecule has 0 bridgehead atoms.